The SMILES string of the molecule is O=C(Cl)C(F)c1cccc(O)c1. The number of aromatic hydroxyl groups is 1. The summed E-state index contributed by atoms with van der Waals surface area (Å²) >= 11 is 4.92. The summed E-state index contributed by atoms with van der Waals surface area (Å²) in [7, 11) is 0. The molecule has 2 nitrogen and oxygen atoms in total. The van der Waals surface area contributed by atoms with Gasteiger partial charge in [0.15, 0.2) is 6.17 Å². The highest BCUT2D eigenvalue weighted by Crippen LogP contribution is 2.23. The quantitative estimate of drug-likeness (QED) is 0.723. The van der Waals surface area contributed by atoms with Crippen LogP contribution in [0.15, 0.2) is 24.3 Å². The van der Waals surface area contributed by atoms with Crippen LogP contribution in [0.3, 0.4) is 0 Å². The van der Waals surface area contributed by atoms with Crippen LogP contribution in [0.5, 0.6) is 5.75 Å². The fourth-order valence-corrected chi connectivity index (χ4v) is 0.939. The van der Waals surface area contributed by atoms with E-state index in [4.69, 9.17) is 16.7 Å². The average molecular weight is 189 g/mol. The van der Waals surface area contributed by atoms with Gasteiger partial charge in [0.05, 0.1) is 0 Å². The molecule has 0 spiro atoms. The minimum Gasteiger partial charge on any atom is -0.508 e. The lowest BCUT2D eigenvalue weighted by atomic mass is 10.1. The van der Waals surface area contributed by atoms with Crippen LogP contribution in [0.1, 0.15) is 11.7 Å². The second-order valence-corrected chi connectivity index (χ2v) is 2.63. The molecule has 4 heteroatoms. The van der Waals surface area contributed by atoms with E-state index in [1.807, 2.05) is 0 Å². The zero-order valence-electron chi connectivity index (χ0n) is 6.00. The third kappa shape index (κ3) is 1.95. The van der Waals surface area contributed by atoms with Crippen LogP contribution in [0.4, 0.5) is 4.39 Å². The third-order valence-electron chi connectivity index (χ3n) is 1.36. The van der Waals surface area contributed by atoms with Crippen LogP contribution >= 0.6 is 11.6 Å². The van der Waals surface area contributed by atoms with Gasteiger partial charge in [-0.3, -0.25) is 4.79 Å². The van der Waals surface area contributed by atoms with Crippen LogP contribution in [-0.2, 0) is 4.79 Å². The summed E-state index contributed by atoms with van der Waals surface area (Å²) in [5.74, 6) is -0.0898. The van der Waals surface area contributed by atoms with Crippen molar-refractivity contribution in [3.8, 4) is 5.75 Å². The van der Waals surface area contributed by atoms with Crippen molar-refractivity contribution >= 4 is 16.8 Å². The van der Waals surface area contributed by atoms with Gasteiger partial charge in [0, 0.05) is 0 Å². The number of alkyl halides is 1. The summed E-state index contributed by atoms with van der Waals surface area (Å²) in [5, 5.41) is 7.84. The summed E-state index contributed by atoms with van der Waals surface area (Å²) in [6.07, 6.45) is -1.86. The molecule has 12 heavy (non-hydrogen) atoms. The van der Waals surface area contributed by atoms with Crippen molar-refractivity contribution in [1.82, 2.24) is 0 Å². The first-order valence-corrected chi connectivity index (χ1v) is 3.61. The highest BCUT2D eigenvalue weighted by Gasteiger charge is 2.16. The van der Waals surface area contributed by atoms with Gasteiger partial charge in [-0.05, 0) is 29.3 Å². The predicted octanol–water partition coefficient (Wildman–Crippen LogP) is 2.17. The standard InChI is InChI=1S/C8H6ClFO2/c9-8(12)7(10)5-2-1-3-6(11)4-5/h1-4,7,11H. The normalized spacial score (nSPS) is 12.5. The molecule has 0 saturated heterocycles. The summed E-state index contributed by atoms with van der Waals surface area (Å²) < 4.78 is 12.8. The summed E-state index contributed by atoms with van der Waals surface area (Å²) in [6.45, 7) is 0. The highest BCUT2D eigenvalue weighted by atomic mass is 35.5. The zero-order valence-corrected chi connectivity index (χ0v) is 6.75. The molecule has 1 aromatic rings. The average Bonchev–Trinajstić information content (AvgIpc) is 2.03. The summed E-state index contributed by atoms with van der Waals surface area (Å²) in [5.41, 5.74) is 0.0648. The van der Waals surface area contributed by atoms with E-state index in [0.29, 0.717) is 0 Å². The maximum atomic E-state index is 12.8. The van der Waals surface area contributed by atoms with Gasteiger partial charge in [-0.1, -0.05) is 12.1 Å². The Balaban J connectivity index is 2.95. The molecule has 0 aromatic heterocycles. The Bertz CT molecular complexity index is 301. The topological polar surface area (TPSA) is 37.3 Å². The lowest BCUT2D eigenvalue weighted by Crippen LogP contribution is -1.99. The number of halogens is 2. The van der Waals surface area contributed by atoms with Crippen LogP contribution in [0.2, 0.25) is 0 Å². The maximum Gasteiger partial charge on any atom is 0.260 e. The monoisotopic (exact) mass is 188 g/mol. The molecule has 0 bridgehead atoms. The van der Waals surface area contributed by atoms with Gasteiger partial charge in [-0.2, -0.15) is 0 Å². The molecule has 1 aromatic carbocycles. The molecule has 0 fully saturated rings. The lowest BCUT2D eigenvalue weighted by Gasteiger charge is -2.02. The van der Waals surface area contributed by atoms with E-state index in [2.05, 4.69) is 0 Å². The van der Waals surface area contributed by atoms with Gasteiger partial charge in [0.25, 0.3) is 5.24 Å². The van der Waals surface area contributed by atoms with Crippen molar-refractivity contribution in [1.29, 1.82) is 0 Å². The number of rotatable bonds is 2. The molecule has 1 unspecified atom stereocenters. The minimum atomic E-state index is -1.86. The molecule has 1 atom stereocenters. The first kappa shape index (κ1) is 9.00. The van der Waals surface area contributed by atoms with Gasteiger partial charge >= 0.3 is 0 Å². The molecule has 0 amide bonds. The largest absolute Gasteiger partial charge is 0.508 e. The van der Waals surface area contributed by atoms with Crippen LogP contribution in [0, 0.1) is 0 Å². The first-order valence-electron chi connectivity index (χ1n) is 3.23. The Morgan fingerprint density at radius 2 is 2.25 bits per heavy atom. The number of carbonyl (C=O) groups excluding carboxylic acids is 1. The second kappa shape index (κ2) is 3.54. The van der Waals surface area contributed by atoms with Crippen molar-refractivity contribution in [3.05, 3.63) is 29.8 Å². The van der Waals surface area contributed by atoms with Crippen molar-refractivity contribution in [2.24, 2.45) is 0 Å². The van der Waals surface area contributed by atoms with Crippen LogP contribution in [-0.4, -0.2) is 10.3 Å². The summed E-state index contributed by atoms with van der Waals surface area (Å²) in [4.78, 5) is 10.4. The Morgan fingerprint density at radius 1 is 1.58 bits per heavy atom. The van der Waals surface area contributed by atoms with Crippen LogP contribution < -0.4 is 0 Å². The molecule has 1 N–H and O–H groups in total. The van der Waals surface area contributed by atoms with Crippen molar-refractivity contribution in [2.45, 2.75) is 6.17 Å². The Morgan fingerprint density at radius 3 is 2.75 bits per heavy atom. The minimum absolute atomic E-state index is 0.0648. The van der Waals surface area contributed by atoms with E-state index < -0.39 is 11.4 Å². The summed E-state index contributed by atoms with van der Waals surface area (Å²) in [6, 6.07) is 5.36. The smallest absolute Gasteiger partial charge is 0.260 e. The second-order valence-electron chi connectivity index (χ2n) is 2.26. The predicted molar refractivity (Wildman–Crippen MR) is 42.8 cm³/mol. The fourth-order valence-electron chi connectivity index (χ4n) is 0.813. The Kier molecular flexibility index (Phi) is 2.65. The van der Waals surface area contributed by atoms with Crippen molar-refractivity contribution in [3.63, 3.8) is 0 Å². The number of phenols is 1. The number of carbonyl (C=O) groups is 1. The van der Waals surface area contributed by atoms with Gasteiger partial charge in [0.1, 0.15) is 5.75 Å². The van der Waals surface area contributed by atoms with E-state index in [1.54, 1.807) is 0 Å². The molecule has 0 aliphatic heterocycles. The molecule has 64 valence electrons. The first-order chi connectivity index (χ1) is 5.61. The molecule has 1 rings (SSSR count). The highest BCUT2D eigenvalue weighted by molar-refractivity contribution is 6.64. The van der Waals surface area contributed by atoms with E-state index in [1.165, 1.54) is 18.2 Å². The fraction of sp³-hybridized carbons (Fsp3) is 0.125. The number of hydrogen-bond donors (Lipinski definition) is 1. The zero-order chi connectivity index (χ0) is 9.14. The van der Waals surface area contributed by atoms with Crippen LogP contribution in [0.25, 0.3) is 0 Å². The van der Waals surface area contributed by atoms with E-state index in [0.717, 1.165) is 6.07 Å². The third-order valence-corrected chi connectivity index (χ3v) is 1.55. The molecule has 0 aliphatic rings. The maximum absolute atomic E-state index is 12.8. The van der Waals surface area contributed by atoms with Gasteiger partial charge in [-0.25, -0.2) is 4.39 Å². The van der Waals surface area contributed by atoms with E-state index in [-0.39, 0.29) is 11.3 Å². The van der Waals surface area contributed by atoms with E-state index in [9.17, 15) is 9.18 Å². The van der Waals surface area contributed by atoms with Crippen molar-refractivity contribution in [2.75, 3.05) is 0 Å². The van der Waals surface area contributed by atoms with E-state index >= 15 is 0 Å². The molecule has 0 aliphatic carbocycles. The number of benzene rings is 1. The van der Waals surface area contributed by atoms with Crippen molar-refractivity contribution < 1.29 is 14.3 Å². The number of phenolic OH excluding ortho intramolecular Hbond substituents is 1. The molecule has 0 heterocycles. The van der Waals surface area contributed by atoms with Gasteiger partial charge in [-0.15, -0.1) is 0 Å². The lowest BCUT2D eigenvalue weighted by molar-refractivity contribution is -0.116. The molecule has 0 radical (unpaired) electrons. The molecular weight excluding hydrogens is 183 g/mol. The Hall–Kier alpha value is -1.09. The van der Waals surface area contributed by atoms with Gasteiger partial charge < -0.3 is 5.11 Å². The molecule has 0 saturated carbocycles. The Labute approximate surface area is 73.6 Å². The van der Waals surface area contributed by atoms with Gasteiger partial charge in [0.2, 0.25) is 0 Å². The number of hydrogen-bond acceptors (Lipinski definition) is 2. The molecular formula is C8H6ClFO2.